The van der Waals surface area contributed by atoms with E-state index in [9.17, 15) is 24.0 Å². The lowest BCUT2D eigenvalue weighted by atomic mass is 9.98. The molecule has 0 saturated heterocycles. The van der Waals surface area contributed by atoms with Crippen molar-refractivity contribution in [1.29, 1.82) is 0 Å². The Morgan fingerprint density at radius 1 is 1.05 bits per heavy atom. The van der Waals surface area contributed by atoms with E-state index in [1.54, 1.807) is 18.2 Å². The number of fused-ring (bicyclic) bond motifs is 1. The van der Waals surface area contributed by atoms with E-state index >= 15 is 0 Å². The molecule has 0 fully saturated rings. The van der Waals surface area contributed by atoms with Gasteiger partial charge in [-0.25, -0.2) is 0 Å². The van der Waals surface area contributed by atoms with Gasteiger partial charge in [0.25, 0.3) is 0 Å². The zero-order valence-corrected chi connectivity index (χ0v) is 24.2. The zero-order valence-electron chi connectivity index (χ0n) is 24.2. The van der Waals surface area contributed by atoms with E-state index in [0.717, 1.165) is 5.56 Å². The summed E-state index contributed by atoms with van der Waals surface area (Å²) in [6.07, 6.45) is 0.905. The van der Waals surface area contributed by atoms with Crippen LogP contribution in [0.2, 0.25) is 0 Å². The van der Waals surface area contributed by atoms with Gasteiger partial charge < -0.3 is 21.3 Å². The molecule has 5 N–H and O–H groups in total. The van der Waals surface area contributed by atoms with Crippen molar-refractivity contribution in [2.24, 2.45) is 5.92 Å². The molecule has 0 saturated carbocycles. The van der Waals surface area contributed by atoms with E-state index < -0.39 is 36.3 Å². The summed E-state index contributed by atoms with van der Waals surface area (Å²) in [4.78, 5) is 66.3. The number of hydrogen-bond donors (Lipinski definition) is 5. The summed E-state index contributed by atoms with van der Waals surface area (Å²) in [7, 11) is 0. The van der Waals surface area contributed by atoms with Crippen LogP contribution in [0.25, 0.3) is 0 Å². The number of benzene rings is 2. The molecular formula is C29H35N9O5. The number of nitrogens with zero attached hydrogens (tertiary/aromatic N) is 4. The van der Waals surface area contributed by atoms with E-state index in [0.29, 0.717) is 23.4 Å². The van der Waals surface area contributed by atoms with Gasteiger partial charge in [-0.1, -0.05) is 67.9 Å². The van der Waals surface area contributed by atoms with Crippen LogP contribution < -0.4 is 26.2 Å². The molecule has 43 heavy (non-hydrogen) atoms. The number of carbonyl (C=O) groups excluding carboxylic acids is 5. The number of aromatic nitrogens is 4. The molecule has 4 rings (SSSR count). The van der Waals surface area contributed by atoms with Crippen molar-refractivity contribution in [2.45, 2.75) is 58.7 Å². The molecule has 5 amide bonds. The van der Waals surface area contributed by atoms with Gasteiger partial charge in [0.1, 0.15) is 12.1 Å². The van der Waals surface area contributed by atoms with Crippen LogP contribution in [-0.4, -0.2) is 68.8 Å². The summed E-state index contributed by atoms with van der Waals surface area (Å²) < 4.78 is 0. The van der Waals surface area contributed by atoms with Gasteiger partial charge in [-0.15, -0.1) is 10.2 Å². The van der Waals surface area contributed by atoms with Crippen LogP contribution in [0.5, 0.6) is 0 Å². The Morgan fingerprint density at radius 3 is 2.49 bits per heavy atom. The Hall–Kier alpha value is -5.14. The highest BCUT2D eigenvalue weighted by atomic mass is 16.2. The number of tetrazole rings is 1. The van der Waals surface area contributed by atoms with Crippen molar-refractivity contribution in [3.05, 3.63) is 65.5 Å². The highest BCUT2D eigenvalue weighted by Crippen LogP contribution is 2.39. The first-order valence-electron chi connectivity index (χ1n) is 14.0. The molecule has 2 heterocycles. The summed E-state index contributed by atoms with van der Waals surface area (Å²) in [6.45, 7) is 4.63. The minimum Gasteiger partial charge on any atom is -0.347 e. The molecule has 0 bridgehead atoms. The number of anilines is 2. The summed E-state index contributed by atoms with van der Waals surface area (Å²) in [5, 5.41) is 24.3. The van der Waals surface area contributed by atoms with Crippen LogP contribution in [0, 0.1) is 5.92 Å². The Balaban J connectivity index is 1.50. The first kappa shape index (κ1) is 30.8. The van der Waals surface area contributed by atoms with E-state index in [1.165, 1.54) is 11.8 Å². The van der Waals surface area contributed by atoms with Crippen LogP contribution in [0.3, 0.4) is 0 Å². The van der Waals surface area contributed by atoms with Crippen molar-refractivity contribution >= 4 is 40.9 Å². The fraction of sp³-hybridized carbons (Fsp3) is 0.379. The number of para-hydroxylation sites is 1. The van der Waals surface area contributed by atoms with Gasteiger partial charge in [0.2, 0.25) is 29.5 Å². The second-order valence-electron chi connectivity index (χ2n) is 10.3. The second-order valence-corrected chi connectivity index (χ2v) is 10.3. The molecule has 0 unspecified atom stereocenters. The van der Waals surface area contributed by atoms with Crippen LogP contribution in [0.15, 0.2) is 48.5 Å². The second kappa shape index (κ2) is 14.2. The molecule has 3 atom stereocenters. The minimum absolute atomic E-state index is 0.0151. The number of rotatable bonds is 12. The summed E-state index contributed by atoms with van der Waals surface area (Å²) in [6, 6.07) is 12.5. The third-order valence-corrected chi connectivity index (χ3v) is 7.21. The van der Waals surface area contributed by atoms with E-state index in [1.807, 2.05) is 44.2 Å². The van der Waals surface area contributed by atoms with E-state index in [2.05, 4.69) is 41.9 Å². The third-order valence-electron chi connectivity index (χ3n) is 7.21. The topological polar surface area (TPSA) is 191 Å². The smallest absolute Gasteiger partial charge is 0.247 e. The number of nitrogens with one attached hydrogen (secondary N) is 5. The van der Waals surface area contributed by atoms with E-state index in [4.69, 9.17) is 0 Å². The molecule has 3 aromatic rings. The molecule has 1 aliphatic heterocycles. The van der Waals surface area contributed by atoms with E-state index in [-0.39, 0.29) is 42.9 Å². The Bertz CT molecular complexity index is 1460. The van der Waals surface area contributed by atoms with Gasteiger partial charge >= 0.3 is 0 Å². The number of carbonyl (C=O) groups is 5. The average Bonchev–Trinajstić information content (AvgIpc) is 3.66. The lowest BCUT2D eigenvalue weighted by Crippen LogP contribution is -2.54. The maximum atomic E-state index is 13.7. The van der Waals surface area contributed by atoms with Crippen LogP contribution in [-0.2, 0) is 43.4 Å². The van der Waals surface area contributed by atoms with Crippen molar-refractivity contribution < 1.29 is 24.0 Å². The normalized spacial score (nSPS) is 15.1. The molecule has 1 aromatic heterocycles. The maximum absolute atomic E-state index is 13.7. The molecule has 2 aromatic carbocycles. The predicted molar refractivity (Wildman–Crippen MR) is 156 cm³/mol. The van der Waals surface area contributed by atoms with Gasteiger partial charge in [0.05, 0.1) is 30.9 Å². The summed E-state index contributed by atoms with van der Waals surface area (Å²) in [5.74, 6) is -2.16. The monoisotopic (exact) mass is 589 g/mol. The summed E-state index contributed by atoms with van der Waals surface area (Å²) in [5.41, 5.74) is 2.23. The Kier molecular flexibility index (Phi) is 10.1. The standard InChI is InChI=1S/C29H35N9O5/c1-4-17(2)26(33-24(40)13-19-9-6-5-7-10-19)29(43)31-16-25(41)38-22(28(42)30-15-23-34-36-37-35-23)14-20-11-8-12-21(27(20)38)32-18(3)39/h5-12,17,22,26H,4,13-16H2,1-3H3,(H,30,42)(H,31,43)(H,32,39)(H,33,40)(H,34,35,36,37)/t17-,22-,26-/m0/s1. The van der Waals surface area contributed by atoms with Crippen LogP contribution in [0.4, 0.5) is 11.4 Å². The number of hydrogen-bond acceptors (Lipinski definition) is 8. The first-order valence-corrected chi connectivity index (χ1v) is 14.0. The van der Waals surface area contributed by atoms with Crippen LogP contribution in [0.1, 0.15) is 44.1 Å². The van der Waals surface area contributed by atoms with Crippen molar-refractivity contribution in [3.63, 3.8) is 0 Å². The Morgan fingerprint density at radius 2 is 1.81 bits per heavy atom. The predicted octanol–water partition coefficient (Wildman–Crippen LogP) is 0.622. The minimum atomic E-state index is -0.961. The fourth-order valence-corrected chi connectivity index (χ4v) is 4.90. The molecule has 226 valence electrons. The highest BCUT2D eigenvalue weighted by molar-refractivity contribution is 6.09. The first-order chi connectivity index (χ1) is 20.7. The maximum Gasteiger partial charge on any atom is 0.247 e. The van der Waals surface area contributed by atoms with Crippen LogP contribution >= 0.6 is 0 Å². The number of aromatic amines is 1. The molecular weight excluding hydrogens is 554 g/mol. The zero-order chi connectivity index (χ0) is 30.9. The van der Waals surface area contributed by atoms with Gasteiger partial charge in [-0.3, -0.25) is 28.9 Å². The molecule has 0 spiro atoms. The SMILES string of the molecule is CC[C@H](C)[C@H](NC(=O)Cc1ccccc1)C(=O)NCC(=O)N1c2c(cccc2NC(C)=O)C[C@H]1C(=O)NCc1nn[nH]n1. The lowest BCUT2D eigenvalue weighted by Gasteiger charge is -2.27. The molecule has 1 aliphatic rings. The largest absolute Gasteiger partial charge is 0.347 e. The molecule has 14 nitrogen and oxygen atoms in total. The Labute approximate surface area is 248 Å². The van der Waals surface area contributed by atoms with Gasteiger partial charge in [-0.2, -0.15) is 5.21 Å². The molecule has 0 aliphatic carbocycles. The van der Waals surface area contributed by atoms with Crippen molar-refractivity contribution in [2.75, 3.05) is 16.8 Å². The molecule has 14 heteroatoms. The fourth-order valence-electron chi connectivity index (χ4n) is 4.90. The van der Waals surface area contributed by atoms with Gasteiger partial charge in [0, 0.05) is 13.3 Å². The van der Waals surface area contributed by atoms with Gasteiger partial charge in [0.15, 0.2) is 5.82 Å². The number of H-pyrrole nitrogens is 1. The lowest BCUT2D eigenvalue weighted by molar-refractivity contribution is -0.131. The quantitative estimate of drug-likeness (QED) is 0.203. The summed E-state index contributed by atoms with van der Waals surface area (Å²) >= 11 is 0. The van der Waals surface area contributed by atoms with Crippen molar-refractivity contribution in [1.82, 2.24) is 36.6 Å². The number of amides is 5. The highest BCUT2D eigenvalue weighted by Gasteiger charge is 2.40. The average molecular weight is 590 g/mol. The molecule has 0 radical (unpaired) electrons. The van der Waals surface area contributed by atoms with Crippen molar-refractivity contribution in [3.8, 4) is 0 Å². The van der Waals surface area contributed by atoms with Gasteiger partial charge in [-0.05, 0) is 23.1 Å². The third kappa shape index (κ3) is 7.78.